The number of carbonyl (C=O) groups is 1. The van der Waals surface area contributed by atoms with Crippen molar-refractivity contribution in [3.63, 3.8) is 0 Å². The van der Waals surface area contributed by atoms with Crippen molar-refractivity contribution in [1.82, 2.24) is 0 Å². The number of halogens is 3. The largest absolute Gasteiger partial charge is 0.479 e. The van der Waals surface area contributed by atoms with Crippen LogP contribution < -0.4 is 4.74 Å². The van der Waals surface area contributed by atoms with E-state index in [9.17, 15) is 19.4 Å². The third-order valence-corrected chi connectivity index (χ3v) is 6.44. The van der Waals surface area contributed by atoms with Gasteiger partial charge in [0.05, 0.1) is 0 Å². The third-order valence-electron chi connectivity index (χ3n) is 6.19. The van der Waals surface area contributed by atoms with Crippen LogP contribution in [0.15, 0.2) is 72.8 Å². The molecular formula is C26H23ClF2O4. The highest BCUT2D eigenvalue weighted by molar-refractivity contribution is 6.30. The number of aliphatic hydroxyl groups excluding tert-OH is 1. The average molecular weight is 473 g/mol. The first-order valence-corrected chi connectivity index (χ1v) is 11.0. The van der Waals surface area contributed by atoms with Crippen molar-refractivity contribution in [1.29, 1.82) is 0 Å². The van der Waals surface area contributed by atoms with Crippen molar-refractivity contribution in [2.24, 2.45) is 0 Å². The van der Waals surface area contributed by atoms with Crippen molar-refractivity contribution < 1.29 is 28.5 Å². The normalized spacial score (nSPS) is 17.1. The van der Waals surface area contributed by atoms with E-state index in [1.165, 1.54) is 12.1 Å². The van der Waals surface area contributed by atoms with E-state index in [0.29, 0.717) is 29.2 Å². The first-order chi connectivity index (χ1) is 15.7. The monoisotopic (exact) mass is 472 g/mol. The summed E-state index contributed by atoms with van der Waals surface area (Å²) in [6.07, 6.45) is -1.29. The SMILES string of the molecule is O=C(O)[C@@](F)(CC1(c2ccc(Cl)cc2)CC1)[C@H](O)Cc1ccc(F)c(Oc2ccccc2)c1. The number of aliphatic hydroxyl groups is 1. The summed E-state index contributed by atoms with van der Waals surface area (Å²) < 4.78 is 35.6. The molecule has 2 N–H and O–H groups in total. The molecule has 7 heteroatoms. The van der Waals surface area contributed by atoms with Gasteiger partial charge in [-0.3, -0.25) is 0 Å². The second-order valence-electron chi connectivity index (χ2n) is 8.53. The highest BCUT2D eigenvalue weighted by atomic mass is 35.5. The van der Waals surface area contributed by atoms with Gasteiger partial charge in [-0.05, 0) is 65.8 Å². The van der Waals surface area contributed by atoms with E-state index in [-0.39, 0.29) is 18.6 Å². The molecule has 0 heterocycles. The summed E-state index contributed by atoms with van der Waals surface area (Å²) in [6.45, 7) is 0. The molecule has 1 aliphatic rings. The fourth-order valence-corrected chi connectivity index (χ4v) is 4.23. The van der Waals surface area contributed by atoms with Gasteiger partial charge in [0.2, 0.25) is 5.67 Å². The molecule has 4 nitrogen and oxygen atoms in total. The summed E-state index contributed by atoms with van der Waals surface area (Å²) in [5.74, 6) is -2.02. The molecule has 1 saturated carbocycles. The number of ether oxygens (including phenoxy) is 1. The van der Waals surface area contributed by atoms with E-state index >= 15 is 4.39 Å². The van der Waals surface area contributed by atoms with E-state index in [4.69, 9.17) is 16.3 Å². The Bertz CT molecular complexity index is 1130. The first-order valence-electron chi connectivity index (χ1n) is 10.6. The lowest BCUT2D eigenvalue weighted by Gasteiger charge is -2.31. The highest BCUT2D eigenvalue weighted by Gasteiger charge is 2.57. The lowest BCUT2D eigenvalue weighted by Crippen LogP contribution is -2.49. The molecule has 0 amide bonds. The van der Waals surface area contributed by atoms with Gasteiger partial charge in [0.25, 0.3) is 0 Å². The maximum atomic E-state index is 15.8. The third kappa shape index (κ3) is 5.02. The van der Waals surface area contributed by atoms with E-state index in [2.05, 4.69) is 0 Å². The summed E-state index contributed by atoms with van der Waals surface area (Å²) in [6, 6.07) is 19.3. The number of rotatable bonds is 9. The van der Waals surface area contributed by atoms with Gasteiger partial charge < -0.3 is 14.9 Å². The second-order valence-corrected chi connectivity index (χ2v) is 8.97. The smallest absolute Gasteiger partial charge is 0.344 e. The van der Waals surface area contributed by atoms with Crippen LogP contribution in [0.3, 0.4) is 0 Å². The van der Waals surface area contributed by atoms with Crippen molar-refractivity contribution in [2.75, 3.05) is 0 Å². The molecule has 3 aromatic rings. The van der Waals surface area contributed by atoms with Crippen LogP contribution in [0.2, 0.25) is 5.02 Å². The second kappa shape index (κ2) is 9.12. The van der Waals surface area contributed by atoms with Crippen molar-refractivity contribution in [2.45, 2.75) is 42.9 Å². The Morgan fingerprint density at radius 3 is 2.36 bits per heavy atom. The lowest BCUT2D eigenvalue weighted by atomic mass is 9.80. The Morgan fingerprint density at radius 2 is 1.76 bits per heavy atom. The van der Waals surface area contributed by atoms with Gasteiger partial charge in [-0.25, -0.2) is 13.6 Å². The number of carboxylic acid groups (broad SMARTS) is 1. The summed E-state index contributed by atoms with van der Waals surface area (Å²) in [4.78, 5) is 12.0. The van der Waals surface area contributed by atoms with Crippen LogP contribution in [0.4, 0.5) is 8.78 Å². The van der Waals surface area contributed by atoms with Crippen LogP contribution in [0.1, 0.15) is 30.4 Å². The zero-order chi connectivity index (χ0) is 23.6. The van der Waals surface area contributed by atoms with Gasteiger partial charge in [-0.2, -0.15) is 0 Å². The zero-order valence-electron chi connectivity index (χ0n) is 17.7. The van der Waals surface area contributed by atoms with Crippen LogP contribution in [-0.4, -0.2) is 28.0 Å². The molecule has 0 unspecified atom stereocenters. The van der Waals surface area contributed by atoms with Crippen LogP contribution in [0, 0.1) is 5.82 Å². The van der Waals surface area contributed by atoms with Gasteiger partial charge in [0, 0.05) is 17.9 Å². The Kier molecular flexibility index (Phi) is 6.41. The summed E-state index contributed by atoms with van der Waals surface area (Å²) >= 11 is 5.94. The van der Waals surface area contributed by atoms with Gasteiger partial charge >= 0.3 is 5.97 Å². The Balaban J connectivity index is 1.54. The fourth-order valence-electron chi connectivity index (χ4n) is 4.10. The average Bonchev–Trinajstić information content (AvgIpc) is 3.57. The predicted octanol–water partition coefficient (Wildman–Crippen LogP) is 6.09. The minimum atomic E-state index is -2.88. The number of hydrogen-bond donors (Lipinski definition) is 2. The summed E-state index contributed by atoms with van der Waals surface area (Å²) in [5, 5.41) is 21.0. The predicted molar refractivity (Wildman–Crippen MR) is 121 cm³/mol. The first kappa shape index (κ1) is 23.2. The molecule has 1 fully saturated rings. The van der Waals surface area contributed by atoms with Crippen LogP contribution in [0.5, 0.6) is 11.5 Å². The lowest BCUT2D eigenvalue weighted by molar-refractivity contribution is -0.161. The molecule has 0 radical (unpaired) electrons. The fraction of sp³-hybridized carbons (Fsp3) is 0.269. The molecule has 4 rings (SSSR count). The molecule has 0 aliphatic heterocycles. The van der Waals surface area contributed by atoms with E-state index < -0.39 is 29.0 Å². The van der Waals surface area contributed by atoms with Gasteiger partial charge in [0.15, 0.2) is 11.6 Å². The number of para-hydroxylation sites is 1. The molecule has 0 saturated heterocycles. The topological polar surface area (TPSA) is 66.8 Å². The highest BCUT2D eigenvalue weighted by Crippen LogP contribution is 2.55. The molecule has 0 aromatic heterocycles. The van der Waals surface area contributed by atoms with E-state index in [0.717, 1.165) is 11.6 Å². The molecule has 2 atom stereocenters. The van der Waals surface area contributed by atoms with Gasteiger partial charge in [0.1, 0.15) is 11.9 Å². The number of benzene rings is 3. The van der Waals surface area contributed by atoms with Crippen molar-refractivity contribution in [3.05, 3.63) is 94.8 Å². The van der Waals surface area contributed by atoms with Gasteiger partial charge in [-0.15, -0.1) is 0 Å². The molecule has 0 spiro atoms. The standard InChI is InChI=1S/C26H23ClF2O4/c27-19-9-7-18(8-10-19)25(12-13-25)16-26(29,24(31)32)23(30)15-17-6-11-21(28)22(14-17)33-20-4-2-1-3-5-20/h1-11,14,23,30H,12-13,15-16H2,(H,31,32)/t23-,26-/m1/s1. The number of alkyl halides is 1. The minimum Gasteiger partial charge on any atom is -0.479 e. The minimum absolute atomic E-state index is 0.0921. The van der Waals surface area contributed by atoms with Crippen LogP contribution >= 0.6 is 11.6 Å². The number of aliphatic carboxylic acids is 1. The van der Waals surface area contributed by atoms with E-state index in [1.807, 2.05) is 0 Å². The molecule has 1 aliphatic carbocycles. The van der Waals surface area contributed by atoms with Crippen molar-refractivity contribution in [3.8, 4) is 11.5 Å². The summed E-state index contributed by atoms with van der Waals surface area (Å²) in [7, 11) is 0. The van der Waals surface area contributed by atoms with Crippen LogP contribution in [0.25, 0.3) is 0 Å². The van der Waals surface area contributed by atoms with Gasteiger partial charge in [-0.1, -0.05) is 48.0 Å². The number of carboxylic acids is 1. The van der Waals surface area contributed by atoms with Crippen LogP contribution in [-0.2, 0) is 16.6 Å². The molecule has 0 bridgehead atoms. The number of hydrogen-bond acceptors (Lipinski definition) is 3. The summed E-state index contributed by atoms with van der Waals surface area (Å²) in [5.41, 5.74) is -2.40. The maximum Gasteiger partial charge on any atom is 0.344 e. The Hall–Kier alpha value is -2.96. The molecule has 172 valence electrons. The molecular weight excluding hydrogens is 450 g/mol. The van der Waals surface area contributed by atoms with Crippen molar-refractivity contribution >= 4 is 17.6 Å². The quantitative estimate of drug-likeness (QED) is 0.395. The molecule has 3 aromatic carbocycles. The zero-order valence-corrected chi connectivity index (χ0v) is 18.4. The Morgan fingerprint density at radius 1 is 1.09 bits per heavy atom. The van der Waals surface area contributed by atoms with E-state index in [1.54, 1.807) is 54.6 Å². The molecule has 33 heavy (non-hydrogen) atoms. The Labute approximate surface area is 195 Å². The maximum absolute atomic E-state index is 15.8.